The van der Waals surface area contributed by atoms with Crippen LogP contribution >= 0.6 is 0 Å². The number of hydrogen-bond donors (Lipinski definition) is 0. The minimum Gasteiger partial charge on any atom is -0.0911 e. The molecule has 0 amide bonds. The molecule has 0 spiro atoms. The second-order valence-corrected chi connectivity index (χ2v) is 13.4. The van der Waals surface area contributed by atoms with E-state index in [1.165, 1.54) is 64.6 Å². The van der Waals surface area contributed by atoms with Gasteiger partial charge in [-0.15, -0.1) is 0 Å². The number of fused-ring (bicyclic) bond motifs is 2. The molecule has 0 unspecified atom stereocenters. The van der Waals surface area contributed by atoms with Gasteiger partial charge in [-0.2, -0.15) is 0 Å². The summed E-state index contributed by atoms with van der Waals surface area (Å²) in [5.74, 6) is 0. The Labute approximate surface area is 203 Å². The first-order chi connectivity index (χ1) is 15.1. The van der Waals surface area contributed by atoms with Crippen LogP contribution in [0.3, 0.4) is 0 Å². The van der Waals surface area contributed by atoms with Gasteiger partial charge >= 0.3 is 0 Å². The van der Waals surface area contributed by atoms with Crippen molar-refractivity contribution in [1.82, 2.24) is 0 Å². The number of benzene rings is 2. The van der Waals surface area contributed by atoms with Crippen LogP contribution in [0.5, 0.6) is 0 Å². The van der Waals surface area contributed by atoms with E-state index >= 15 is 0 Å². The highest BCUT2D eigenvalue weighted by Crippen LogP contribution is 2.48. The normalized spacial score (nSPS) is 22.3. The van der Waals surface area contributed by atoms with E-state index in [9.17, 15) is 0 Å². The molecule has 2 aliphatic rings. The van der Waals surface area contributed by atoms with E-state index in [0.717, 1.165) is 5.57 Å². The summed E-state index contributed by atoms with van der Waals surface area (Å²) in [4.78, 5) is 0. The van der Waals surface area contributed by atoms with Crippen LogP contribution in [0.25, 0.3) is 11.1 Å². The van der Waals surface area contributed by atoms with E-state index in [1.54, 1.807) is 0 Å². The maximum atomic E-state index is 4.49. The van der Waals surface area contributed by atoms with Gasteiger partial charge in [0.05, 0.1) is 0 Å². The van der Waals surface area contributed by atoms with E-state index in [2.05, 4.69) is 111 Å². The SMILES string of the molecule is C=C(/C=C(\C)c1ccc2c(c1)C(C)(C)CCC2(C)C)c1ccc2c(c1)C(C)(C)CCC2(C)C. The minimum absolute atomic E-state index is 0.219. The predicted molar refractivity (Wildman–Crippen MR) is 146 cm³/mol. The van der Waals surface area contributed by atoms with Crippen LogP contribution in [0.15, 0.2) is 49.1 Å². The molecule has 33 heavy (non-hydrogen) atoms. The van der Waals surface area contributed by atoms with Crippen molar-refractivity contribution in [2.75, 3.05) is 0 Å². The molecule has 0 nitrogen and oxygen atoms in total. The van der Waals surface area contributed by atoms with Crippen molar-refractivity contribution in [3.63, 3.8) is 0 Å². The first-order valence-electron chi connectivity index (χ1n) is 12.8. The fourth-order valence-corrected chi connectivity index (χ4v) is 6.05. The Morgan fingerprint density at radius 2 is 0.970 bits per heavy atom. The number of allylic oxidation sites excluding steroid dienone is 3. The third-order valence-electron chi connectivity index (χ3n) is 8.92. The Bertz CT molecular complexity index is 1130. The molecule has 0 atom stereocenters. The summed E-state index contributed by atoms with van der Waals surface area (Å²) in [6.45, 7) is 25.9. The number of hydrogen-bond acceptors (Lipinski definition) is 0. The van der Waals surface area contributed by atoms with E-state index < -0.39 is 0 Å². The lowest BCUT2D eigenvalue weighted by atomic mass is 9.62. The molecular weight excluding hydrogens is 396 g/mol. The summed E-state index contributed by atoms with van der Waals surface area (Å²) in [6, 6.07) is 14.2. The molecule has 0 aliphatic heterocycles. The lowest BCUT2D eigenvalue weighted by Gasteiger charge is -2.42. The largest absolute Gasteiger partial charge is 0.0911 e. The molecule has 0 heteroatoms. The molecule has 4 rings (SSSR count). The molecule has 0 N–H and O–H groups in total. The third-order valence-corrected chi connectivity index (χ3v) is 8.92. The molecule has 0 fully saturated rings. The van der Waals surface area contributed by atoms with Crippen molar-refractivity contribution in [2.45, 2.75) is 110 Å². The monoisotopic (exact) mass is 440 g/mol. The molecule has 0 radical (unpaired) electrons. The van der Waals surface area contributed by atoms with Gasteiger partial charge in [0, 0.05) is 0 Å². The zero-order chi connectivity index (χ0) is 24.4. The van der Waals surface area contributed by atoms with Gasteiger partial charge in [-0.25, -0.2) is 0 Å². The Morgan fingerprint density at radius 3 is 1.42 bits per heavy atom. The third kappa shape index (κ3) is 4.27. The molecule has 0 heterocycles. The van der Waals surface area contributed by atoms with Gasteiger partial charge in [0.25, 0.3) is 0 Å². The van der Waals surface area contributed by atoms with E-state index in [1.807, 2.05) is 0 Å². The van der Waals surface area contributed by atoms with E-state index in [4.69, 9.17) is 0 Å². The van der Waals surface area contributed by atoms with Crippen molar-refractivity contribution in [2.24, 2.45) is 0 Å². The summed E-state index contributed by atoms with van der Waals surface area (Å²) in [7, 11) is 0. The zero-order valence-electron chi connectivity index (χ0n) is 22.6. The lowest BCUT2D eigenvalue weighted by molar-refractivity contribution is 0.332. The summed E-state index contributed by atoms with van der Waals surface area (Å²) < 4.78 is 0. The Balaban J connectivity index is 1.69. The van der Waals surface area contributed by atoms with Crippen molar-refractivity contribution >= 4 is 11.1 Å². The summed E-state index contributed by atoms with van der Waals surface area (Å²) in [6.07, 6.45) is 7.26. The van der Waals surface area contributed by atoms with Crippen molar-refractivity contribution in [3.05, 3.63) is 82.4 Å². The molecule has 2 aliphatic carbocycles. The van der Waals surface area contributed by atoms with Gasteiger partial charge in [0.15, 0.2) is 0 Å². The lowest BCUT2D eigenvalue weighted by Crippen LogP contribution is -2.33. The zero-order valence-corrected chi connectivity index (χ0v) is 22.6. The van der Waals surface area contributed by atoms with Crippen LogP contribution in [0.1, 0.15) is 121 Å². The molecular formula is C33H44. The number of rotatable bonds is 3. The van der Waals surface area contributed by atoms with Crippen LogP contribution in [-0.4, -0.2) is 0 Å². The molecule has 0 saturated heterocycles. The van der Waals surface area contributed by atoms with Gasteiger partial charge in [0.1, 0.15) is 0 Å². The topological polar surface area (TPSA) is 0 Å². The average molecular weight is 441 g/mol. The maximum absolute atomic E-state index is 4.49. The first-order valence-corrected chi connectivity index (χ1v) is 12.8. The molecule has 0 bridgehead atoms. The highest BCUT2D eigenvalue weighted by atomic mass is 14.4. The van der Waals surface area contributed by atoms with E-state index in [0.29, 0.717) is 0 Å². The highest BCUT2D eigenvalue weighted by molar-refractivity contribution is 5.83. The van der Waals surface area contributed by atoms with Crippen LogP contribution in [-0.2, 0) is 21.7 Å². The van der Waals surface area contributed by atoms with Crippen molar-refractivity contribution in [1.29, 1.82) is 0 Å². The molecule has 2 aromatic carbocycles. The van der Waals surface area contributed by atoms with Gasteiger partial charge in [0.2, 0.25) is 0 Å². The Kier molecular flexibility index (Phi) is 5.63. The van der Waals surface area contributed by atoms with Crippen LogP contribution < -0.4 is 0 Å². The predicted octanol–water partition coefficient (Wildman–Crippen LogP) is 9.50. The summed E-state index contributed by atoms with van der Waals surface area (Å²) >= 11 is 0. The van der Waals surface area contributed by atoms with Gasteiger partial charge in [-0.1, -0.05) is 104 Å². The standard InChI is InChI=1S/C33H44/c1-22(24-11-13-26-28(20-24)32(7,8)17-15-30(26,3)4)19-23(2)25-12-14-27-29(21-25)33(9,10)18-16-31(27,5)6/h11-14,19-21H,1,15-18H2,2-10H3/b23-19+. The van der Waals surface area contributed by atoms with Gasteiger partial charge in [-0.3, -0.25) is 0 Å². The molecule has 0 saturated carbocycles. The molecule has 2 aromatic rings. The Hall–Kier alpha value is -2.08. The van der Waals surface area contributed by atoms with Crippen LogP contribution in [0.2, 0.25) is 0 Å². The van der Waals surface area contributed by atoms with Crippen molar-refractivity contribution < 1.29 is 0 Å². The summed E-state index contributed by atoms with van der Waals surface area (Å²) in [5, 5.41) is 0. The van der Waals surface area contributed by atoms with Gasteiger partial charge in [-0.05, 0) is 98.8 Å². The van der Waals surface area contributed by atoms with Crippen LogP contribution in [0, 0.1) is 0 Å². The highest BCUT2D eigenvalue weighted by Gasteiger charge is 2.38. The fourth-order valence-electron chi connectivity index (χ4n) is 6.05. The maximum Gasteiger partial charge on any atom is -0.0100 e. The second kappa shape index (κ2) is 7.72. The first kappa shape index (κ1) is 24.1. The van der Waals surface area contributed by atoms with Crippen LogP contribution in [0.4, 0.5) is 0 Å². The second-order valence-electron chi connectivity index (χ2n) is 13.4. The van der Waals surface area contributed by atoms with E-state index in [-0.39, 0.29) is 21.7 Å². The fraction of sp³-hybridized carbons (Fsp3) is 0.515. The summed E-state index contributed by atoms with van der Waals surface area (Å²) in [5.41, 5.74) is 12.0. The quantitative estimate of drug-likeness (QED) is 0.417. The smallest absolute Gasteiger partial charge is 0.0100 e. The Morgan fingerprint density at radius 1 is 0.606 bits per heavy atom. The van der Waals surface area contributed by atoms with Crippen molar-refractivity contribution in [3.8, 4) is 0 Å². The minimum atomic E-state index is 0.219. The molecule has 0 aromatic heterocycles. The average Bonchev–Trinajstić information content (AvgIpc) is 2.74. The van der Waals surface area contributed by atoms with Gasteiger partial charge < -0.3 is 0 Å². The molecule has 176 valence electrons.